The zero-order valence-corrected chi connectivity index (χ0v) is 21.9. The highest BCUT2D eigenvalue weighted by molar-refractivity contribution is 7.99. The predicted octanol–water partition coefficient (Wildman–Crippen LogP) is 5.75. The largest absolute Gasteiger partial charge is 0.472 e. The van der Waals surface area contributed by atoms with E-state index in [0.29, 0.717) is 12.2 Å². The van der Waals surface area contributed by atoms with Crippen molar-refractivity contribution in [1.29, 1.82) is 0 Å². The zero-order valence-electron chi connectivity index (χ0n) is 19.3. The van der Waals surface area contributed by atoms with Crippen LogP contribution in [-0.2, 0) is 22.7 Å². The molecule has 3 N–H and O–H groups in total. The Labute approximate surface area is 193 Å². The summed E-state index contributed by atoms with van der Waals surface area (Å²) in [6.45, 7) is 3.23. The number of thioether (sulfide) groups is 1. The number of phosphoric acid groups is 1. The summed E-state index contributed by atoms with van der Waals surface area (Å²) in [4.78, 5) is 19.9. The molecule has 0 fully saturated rings. The van der Waals surface area contributed by atoms with Gasteiger partial charge in [0.05, 0.1) is 19.8 Å². The van der Waals surface area contributed by atoms with Crippen LogP contribution in [0.25, 0.3) is 0 Å². The fraction of sp³-hybridized carbons (Fsp3) is 1.00. The SMILES string of the molecule is CCCCCCCCP(=O)(O)OC(COP(=O)(O)OCCO)CSCCCCCCC. The molecule has 3 unspecified atom stereocenters. The number of unbranched alkanes of at least 4 members (excludes halogenated alkanes) is 9. The van der Waals surface area contributed by atoms with Gasteiger partial charge in [0.1, 0.15) is 6.10 Å². The van der Waals surface area contributed by atoms with E-state index in [1.54, 1.807) is 11.8 Å². The molecule has 0 radical (unpaired) electrons. The van der Waals surface area contributed by atoms with E-state index in [1.165, 1.54) is 25.7 Å². The normalized spacial score (nSPS) is 16.7. The Morgan fingerprint density at radius 1 is 0.839 bits per heavy atom. The van der Waals surface area contributed by atoms with E-state index in [0.717, 1.165) is 44.3 Å². The summed E-state index contributed by atoms with van der Waals surface area (Å²) in [5.74, 6) is 1.27. The van der Waals surface area contributed by atoms with Crippen LogP contribution in [-0.4, -0.2) is 58.5 Å². The fourth-order valence-corrected chi connectivity index (χ4v) is 6.05. The molecule has 8 nitrogen and oxygen atoms in total. The molecule has 0 aromatic carbocycles. The lowest BCUT2D eigenvalue weighted by atomic mass is 10.1. The van der Waals surface area contributed by atoms with Crippen LogP contribution in [0.5, 0.6) is 0 Å². The molecule has 0 aromatic rings. The van der Waals surface area contributed by atoms with Crippen LogP contribution in [0.4, 0.5) is 0 Å². The summed E-state index contributed by atoms with van der Waals surface area (Å²) in [5, 5.41) is 8.72. The Morgan fingerprint density at radius 2 is 1.42 bits per heavy atom. The van der Waals surface area contributed by atoms with Gasteiger partial charge in [0.2, 0.25) is 0 Å². The Balaban J connectivity index is 4.51. The van der Waals surface area contributed by atoms with Crippen LogP contribution in [0.3, 0.4) is 0 Å². The first-order valence-corrected chi connectivity index (χ1v) is 16.0. The predicted molar refractivity (Wildman–Crippen MR) is 128 cm³/mol. The maximum absolute atomic E-state index is 12.5. The number of hydrogen-bond acceptors (Lipinski definition) is 7. The molecule has 11 heteroatoms. The van der Waals surface area contributed by atoms with Gasteiger partial charge in [0, 0.05) is 11.9 Å². The molecule has 0 saturated carbocycles. The lowest BCUT2D eigenvalue weighted by molar-refractivity contribution is 0.0819. The molecule has 0 rings (SSSR count). The second-order valence-electron chi connectivity index (χ2n) is 7.67. The van der Waals surface area contributed by atoms with Gasteiger partial charge in [-0.2, -0.15) is 11.8 Å². The lowest BCUT2D eigenvalue weighted by Crippen LogP contribution is -2.22. The molecule has 0 bridgehead atoms. The van der Waals surface area contributed by atoms with Crippen molar-refractivity contribution in [3.8, 4) is 0 Å². The summed E-state index contributed by atoms with van der Waals surface area (Å²) < 4.78 is 39.3. The minimum absolute atomic E-state index is 0.0646. The Bertz CT molecular complexity index is 510. The van der Waals surface area contributed by atoms with E-state index in [4.69, 9.17) is 14.2 Å². The van der Waals surface area contributed by atoms with E-state index in [9.17, 15) is 18.9 Å². The van der Waals surface area contributed by atoms with Crippen molar-refractivity contribution in [2.45, 2.75) is 90.6 Å². The summed E-state index contributed by atoms with van der Waals surface area (Å²) in [6, 6.07) is 0. The van der Waals surface area contributed by atoms with Gasteiger partial charge in [-0.25, -0.2) is 4.57 Å². The third-order valence-corrected chi connectivity index (χ3v) is 8.25. The van der Waals surface area contributed by atoms with E-state index < -0.39 is 28.1 Å². The molecule has 188 valence electrons. The summed E-state index contributed by atoms with van der Waals surface area (Å²) in [7, 11) is -8.17. The molecule has 0 saturated heterocycles. The molecule has 0 amide bonds. The smallest absolute Gasteiger partial charge is 0.394 e. The van der Waals surface area contributed by atoms with Crippen molar-refractivity contribution < 1.29 is 37.6 Å². The van der Waals surface area contributed by atoms with E-state index in [-0.39, 0.29) is 19.4 Å². The van der Waals surface area contributed by atoms with Gasteiger partial charge in [-0.05, 0) is 18.6 Å². The Kier molecular flexibility index (Phi) is 20.4. The third-order valence-electron chi connectivity index (χ3n) is 4.57. The van der Waals surface area contributed by atoms with Crippen molar-refractivity contribution in [3.05, 3.63) is 0 Å². The van der Waals surface area contributed by atoms with Gasteiger partial charge < -0.3 is 19.4 Å². The van der Waals surface area contributed by atoms with E-state index in [1.807, 2.05) is 0 Å². The monoisotopic (exact) mass is 506 g/mol. The molecule has 0 aliphatic heterocycles. The van der Waals surface area contributed by atoms with Crippen LogP contribution >= 0.6 is 27.2 Å². The van der Waals surface area contributed by atoms with Crippen LogP contribution in [0.1, 0.15) is 84.5 Å². The minimum atomic E-state index is -4.34. The number of hydrogen-bond donors (Lipinski definition) is 3. The Morgan fingerprint density at radius 3 is 2.03 bits per heavy atom. The zero-order chi connectivity index (χ0) is 23.4. The fourth-order valence-electron chi connectivity index (χ4n) is 2.88. The first-order valence-electron chi connectivity index (χ1n) is 11.6. The van der Waals surface area contributed by atoms with Gasteiger partial charge in [0.15, 0.2) is 0 Å². The lowest BCUT2D eigenvalue weighted by Gasteiger charge is -2.22. The third kappa shape index (κ3) is 20.9. The van der Waals surface area contributed by atoms with Crippen LogP contribution < -0.4 is 0 Å². The van der Waals surface area contributed by atoms with Crippen LogP contribution in [0.15, 0.2) is 0 Å². The standard InChI is InChI=1S/C20H44O8P2S/c1-3-5-7-9-10-12-16-29(22,23)28-20(18-27-30(24,25)26-15-14-21)19-31-17-13-11-8-6-4-2/h20-21H,3-19H2,1-2H3,(H,22,23)(H,24,25). The molecular formula is C20H44O8P2S. The summed E-state index contributed by atoms with van der Waals surface area (Å²) in [6.07, 6.45) is 11.0. The molecule has 3 atom stereocenters. The minimum Gasteiger partial charge on any atom is -0.394 e. The first kappa shape index (κ1) is 31.6. The van der Waals surface area contributed by atoms with Crippen molar-refractivity contribution in [2.75, 3.05) is 37.5 Å². The second kappa shape index (κ2) is 20.0. The van der Waals surface area contributed by atoms with Crippen molar-refractivity contribution >= 4 is 27.2 Å². The quantitative estimate of drug-likeness (QED) is 0.117. The maximum atomic E-state index is 12.5. The number of phosphoric ester groups is 1. The van der Waals surface area contributed by atoms with Crippen molar-refractivity contribution in [2.24, 2.45) is 0 Å². The highest BCUT2D eigenvalue weighted by Gasteiger charge is 2.28. The molecular weight excluding hydrogens is 462 g/mol. The van der Waals surface area contributed by atoms with Crippen LogP contribution in [0, 0.1) is 0 Å². The first-order chi connectivity index (χ1) is 14.8. The van der Waals surface area contributed by atoms with Crippen molar-refractivity contribution in [1.82, 2.24) is 0 Å². The van der Waals surface area contributed by atoms with Gasteiger partial charge >= 0.3 is 15.4 Å². The van der Waals surface area contributed by atoms with Crippen molar-refractivity contribution in [3.63, 3.8) is 0 Å². The average molecular weight is 507 g/mol. The summed E-state index contributed by atoms with van der Waals surface area (Å²) >= 11 is 1.58. The maximum Gasteiger partial charge on any atom is 0.472 e. The molecule has 31 heavy (non-hydrogen) atoms. The number of rotatable bonds is 23. The van der Waals surface area contributed by atoms with E-state index in [2.05, 4.69) is 18.4 Å². The van der Waals surface area contributed by atoms with Gasteiger partial charge in [-0.1, -0.05) is 71.6 Å². The topological polar surface area (TPSA) is 123 Å². The average Bonchev–Trinajstić information content (AvgIpc) is 2.72. The molecule has 0 heterocycles. The van der Waals surface area contributed by atoms with Crippen LogP contribution in [0.2, 0.25) is 0 Å². The Hall–Kier alpha value is 0.570. The van der Waals surface area contributed by atoms with Gasteiger partial charge in [0.25, 0.3) is 0 Å². The van der Waals surface area contributed by atoms with Gasteiger partial charge in [-0.15, -0.1) is 0 Å². The van der Waals surface area contributed by atoms with E-state index >= 15 is 0 Å². The molecule has 0 aromatic heterocycles. The second-order valence-corrected chi connectivity index (χ2v) is 12.2. The highest BCUT2D eigenvalue weighted by atomic mass is 32.2. The highest BCUT2D eigenvalue weighted by Crippen LogP contribution is 2.47. The van der Waals surface area contributed by atoms with Gasteiger partial charge in [-0.3, -0.25) is 13.6 Å². The number of aliphatic hydroxyl groups is 1. The molecule has 0 spiro atoms. The number of aliphatic hydroxyl groups excluding tert-OH is 1. The molecule has 0 aliphatic carbocycles. The summed E-state index contributed by atoms with van der Waals surface area (Å²) in [5.41, 5.74) is 0. The molecule has 0 aliphatic rings.